The second kappa shape index (κ2) is 6.33. The lowest BCUT2D eigenvalue weighted by Gasteiger charge is -2.28. The largest absolute Gasteiger partial charge is 0.329 e. The maximum absolute atomic E-state index is 5.81. The van der Waals surface area contributed by atoms with Gasteiger partial charge in [0.25, 0.3) is 0 Å². The highest BCUT2D eigenvalue weighted by Gasteiger charge is 2.22. The van der Waals surface area contributed by atoms with Gasteiger partial charge in [-0.2, -0.15) is 0 Å². The van der Waals surface area contributed by atoms with Crippen LogP contribution in [0.5, 0.6) is 0 Å². The summed E-state index contributed by atoms with van der Waals surface area (Å²) in [4.78, 5) is 7.12. The van der Waals surface area contributed by atoms with Gasteiger partial charge in [0.05, 0.1) is 5.52 Å². The normalized spacial score (nSPS) is 16.3. The third-order valence-corrected chi connectivity index (χ3v) is 4.35. The second-order valence-electron chi connectivity index (χ2n) is 5.69. The van der Waals surface area contributed by atoms with Crippen LogP contribution in [0.2, 0.25) is 0 Å². The summed E-state index contributed by atoms with van der Waals surface area (Å²) in [7, 11) is 0. The van der Waals surface area contributed by atoms with Crippen molar-refractivity contribution in [3.63, 3.8) is 0 Å². The van der Waals surface area contributed by atoms with E-state index < -0.39 is 0 Å². The first-order valence-corrected chi connectivity index (χ1v) is 7.65. The van der Waals surface area contributed by atoms with Crippen molar-refractivity contribution in [2.75, 3.05) is 13.1 Å². The van der Waals surface area contributed by atoms with Gasteiger partial charge in [-0.25, -0.2) is 0 Å². The second-order valence-corrected chi connectivity index (χ2v) is 5.69. The van der Waals surface area contributed by atoms with Gasteiger partial charge in [0.1, 0.15) is 0 Å². The maximum Gasteiger partial charge on any atom is 0.0746 e. The lowest BCUT2D eigenvalue weighted by Crippen LogP contribution is -2.36. The van der Waals surface area contributed by atoms with E-state index in [0.717, 1.165) is 25.2 Å². The standard InChI is InChI=1S/C17H23N3/c18-10-12-20(16-8-1-2-9-16)13-15-6-3-5-14-7-4-11-19-17(14)15/h3-7,11,16H,1-2,8-10,12-13,18H2. The van der Waals surface area contributed by atoms with Crippen LogP contribution in [-0.2, 0) is 6.54 Å². The molecule has 3 heteroatoms. The Balaban J connectivity index is 1.86. The average Bonchev–Trinajstić information content (AvgIpc) is 3.01. The van der Waals surface area contributed by atoms with Gasteiger partial charge >= 0.3 is 0 Å². The van der Waals surface area contributed by atoms with E-state index in [4.69, 9.17) is 5.73 Å². The molecule has 1 aliphatic rings. The van der Waals surface area contributed by atoms with Crippen molar-refractivity contribution in [1.29, 1.82) is 0 Å². The predicted molar refractivity (Wildman–Crippen MR) is 83.5 cm³/mol. The molecule has 1 aromatic heterocycles. The number of fused-ring (bicyclic) bond motifs is 1. The molecule has 3 rings (SSSR count). The smallest absolute Gasteiger partial charge is 0.0746 e. The van der Waals surface area contributed by atoms with Crippen LogP contribution in [0.25, 0.3) is 10.9 Å². The highest BCUT2D eigenvalue weighted by Crippen LogP contribution is 2.26. The zero-order chi connectivity index (χ0) is 13.8. The summed E-state index contributed by atoms with van der Waals surface area (Å²) in [5, 5.41) is 1.23. The summed E-state index contributed by atoms with van der Waals surface area (Å²) in [6.45, 7) is 2.68. The Labute approximate surface area is 120 Å². The summed E-state index contributed by atoms with van der Waals surface area (Å²) in [5.41, 5.74) is 8.26. The molecule has 1 aliphatic carbocycles. The van der Waals surface area contributed by atoms with E-state index in [2.05, 4.69) is 34.1 Å². The van der Waals surface area contributed by atoms with Crippen molar-refractivity contribution in [3.8, 4) is 0 Å². The molecule has 0 aliphatic heterocycles. The fourth-order valence-electron chi connectivity index (χ4n) is 3.34. The molecular formula is C17H23N3. The van der Waals surface area contributed by atoms with Gasteiger partial charge in [0.15, 0.2) is 0 Å². The van der Waals surface area contributed by atoms with Gasteiger partial charge in [-0.3, -0.25) is 9.88 Å². The summed E-state index contributed by atoms with van der Waals surface area (Å²) in [6.07, 6.45) is 7.24. The first-order chi connectivity index (χ1) is 9.88. The lowest BCUT2D eigenvalue weighted by molar-refractivity contribution is 0.196. The molecule has 0 amide bonds. The van der Waals surface area contributed by atoms with Gasteiger partial charge in [0, 0.05) is 37.3 Å². The molecular weight excluding hydrogens is 246 g/mol. The minimum absolute atomic E-state index is 0.706. The van der Waals surface area contributed by atoms with Gasteiger partial charge in [0.2, 0.25) is 0 Å². The zero-order valence-electron chi connectivity index (χ0n) is 12.0. The summed E-state index contributed by atoms with van der Waals surface area (Å²) < 4.78 is 0. The van der Waals surface area contributed by atoms with E-state index in [1.54, 1.807) is 0 Å². The minimum atomic E-state index is 0.706. The van der Waals surface area contributed by atoms with Gasteiger partial charge in [-0.15, -0.1) is 0 Å². The van der Waals surface area contributed by atoms with Crippen molar-refractivity contribution in [1.82, 2.24) is 9.88 Å². The molecule has 1 fully saturated rings. The van der Waals surface area contributed by atoms with E-state index in [1.807, 2.05) is 12.3 Å². The Morgan fingerprint density at radius 3 is 2.75 bits per heavy atom. The van der Waals surface area contributed by atoms with Crippen molar-refractivity contribution in [3.05, 3.63) is 42.1 Å². The Bertz CT molecular complexity index is 556. The number of pyridine rings is 1. The summed E-state index contributed by atoms with van der Waals surface area (Å²) >= 11 is 0. The highest BCUT2D eigenvalue weighted by atomic mass is 15.2. The molecule has 0 unspecified atom stereocenters. The topological polar surface area (TPSA) is 42.1 Å². The highest BCUT2D eigenvalue weighted by molar-refractivity contribution is 5.81. The number of hydrogen-bond donors (Lipinski definition) is 1. The van der Waals surface area contributed by atoms with Gasteiger partial charge in [-0.05, 0) is 24.5 Å². The average molecular weight is 269 g/mol. The molecule has 2 N–H and O–H groups in total. The number of nitrogens with two attached hydrogens (primary N) is 1. The molecule has 0 bridgehead atoms. The van der Waals surface area contributed by atoms with Crippen LogP contribution in [0.4, 0.5) is 0 Å². The minimum Gasteiger partial charge on any atom is -0.329 e. The van der Waals surface area contributed by atoms with Crippen LogP contribution in [-0.4, -0.2) is 29.0 Å². The Morgan fingerprint density at radius 1 is 1.15 bits per heavy atom. The number of aromatic nitrogens is 1. The monoisotopic (exact) mass is 269 g/mol. The van der Waals surface area contributed by atoms with E-state index in [9.17, 15) is 0 Å². The third kappa shape index (κ3) is 2.84. The zero-order valence-corrected chi connectivity index (χ0v) is 12.0. The third-order valence-electron chi connectivity index (χ3n) is 4.35. The molecule has 0 atom stereocenters. The van der Waals surface area contributed by atoms with Crippen molar-refractivity contribution in [2.24, 2.45) is 5.73 Å². The molecule has 2 aromatic rings. The molecule has 1 aromatic carbocycles. The number of para-hydroxylation sites is 1. The molecule has 0 radical (unpaired) electrons. The molecule has 0 spiro atoms. The van der Waals surface area contributed by atoms with Crippen molar-refractivity contribution < 1.29 is 0 Å². The van der Waals surface area contributed by atoms with Crippen molar-refractivity contribution >= 4 is 10.9 Å². The van der Waals surface area contributed by atoms with Gasteiger partial charge in [-0.1, -0.05) is 37.1 Å². The predicted octanol–water partition coefficient (Wildman–Crippen LogP) is 2.94. The lowest BCUT2D eigenvalue weighted by atomic mass is 10.1. The SMILES string of the molecule is NCCN(Cc1cccc2cccnc12)C1CCCC1. The molecule has 1 saturated carbocycles. The fourth-order valence-corrected chi connectivity index (χ4v) is 3.34. The molecule has 1 heterocycles. The van der Waals surface area contributed by atoms with Crippen LogP contribution in [0.3, 0.4) is 0 Å². The van der Waals surface area contributed by atoms with Crippen LogP contribution >= 0.6 is 0 Å². The molecule has 20 heavy (non-hydrogen) atoms. The number of hydrogen-bond acceptors (Lipinski definition) is 3. The van der Waals surface area contributed by atoms with E-state index in [0.29, 0.717) is 6.04 Å². The van der Waals surface area contributed by atoms with Gasteiger partial charge < -0.3 is 5.73 Å². The maximum atomic E-state index is 5.81. The summed E-state index contributed by atoms with van der Waals surface area (Å²) in [5.74, 6) is 0. The van der Waals surface area contributed by atoms with Crippen LogP contribution in [0.15, 0.2) is 36.5 Å². The Morgan fingerprint density at radius 2 is 1.95 bits per heavy atom. The van der Waals surface area contributed by atoms with Crippen LogP contribution in [0.1, 0.15) is 31.2 Å². The quantitative estimate of drug-likeness (QED) is 0.907. The van der Waals surface area contributed by atoms with Crippen molar-refractivity contribution in [2.45, 2.75) is 38.3 Å². The van der Waals surface area contributed by atoms with Crippen LogP contribution in [0, 0.1) is 0 Å². The number of benzene rings is 1. The number of nitrogens with zero attached hydrogens (tertiary/aromatic N) is 2. The first kappa shape index (κ1) is 13.5. The van der Waals surface area contributed by atoms with E-state index in [-0.39, 0.29) is 0 Å². The number of rotatable bonds is 5. The van der Waals surface area contributed by atoms with Crippen LogP contribution < -0.4 is 5.73 Å². The molecule has 3 nitrogen and oxygen atoms in total. The Hall–Kier alpha value is -1.45. The Kier molecular flexibility index (Phi) is 4.28. The molecule has 0 saturated heterocycles. The fraction of sp³-hybridized carbons (Fsp3) is 0.471. The van der Waals surface area contributed by atoms with E-state index >= 15 is 0 Å². The summed E-state index contributed by atoms with van der Waals surface area (Å²) in [6, 6.07) is 11.3. The molecule has 106 valence electrons. The first-order valence-electron chi connectivity index (χ1n) is 7.65. The van der Waals surface area contributed by atoms with E-state index in [1.165, 1.54) is 36.6 Å².